The zero-order chi connectivity index (χ0) is 12.1. The second-order valence-electron chi connectivity index (χ2n) is 3.95. The second kappa shape index (κ2) is 5.51. The number of anilines is 1. The molecule has 2 heterocycles. The number of rotatable bonds is 3. The zero-order valence-electron chi connectivity index (χ0n) is 9.96. The highest BCUT2D eigenvalue weighted by atomic mass is 16.5. The van der Waals surface area contributed by atoms with Gasteiger partial charge in [-0.3, -0.25) is 4.90 Å². The van der Waals surface area contributed by atoms with Gasteiger partial charge >= 0.3 is 0 Å². The Kier molecular flexibility index (Phi) is 3.78. The van der Waals surface area contributed by atoms with E-state index in [0.717, 1.165) is 37.7 Å². The molecule has 2 rings (SSSR count). The maximum atomic E-state index is 8.65. The van der Waals surface area contributed by atoms with Gasteiger partial charge in [-0.2, -0.15) is 5.26 Å². The zero-order valence-corrected chi connectivity index (χ0v) is 9.96. The predicted octanol–water partition coefficient (Wildman–Crippen LogP) is 0.736. The van der Waals surface area contributed by atoms with E-state index in [9.17, 15) is 0 Å². The molecule has 1 saturated heterocycles. The van der Waals surface area contributed by atoms with E-state index in [0.29, 0.717) is 6.54 Å². The summed E-state index contributed by atoms with van der Waals surface area (Å²) in [6, 6.07) is 5.97. The molecule has 0 aromatic carbocycles. The fourth-order valence-electron chi connectivity index (χ4n) is 2.00. The fraction of sp³-hybridized carbons (Fsp3) is 0.500. The molecule has 0 spiro atoms. The average molecular weight is 232 g/mol. The molecule has 0 atom stereocenters. The lowest BCUT2D eigenvalue weighted by Gasteiger charge is -2.34. The molecule has 0 radical (unpaired) electrons. The van der Waals surface area contributed by atoms with E-state index in [2.05, 4.69) is 20.9 Å². The Bertz CT molecular complexity index is 407. The van der Waals surface area contributed by atoms with Gasteiger partial charge in [0.15, 0.2) is 11.6 Å². The van der Waals surface area contributed by atoms with Crippen LogP contribution in [0.4, 0.5) is 5.82 Å². The molecule has 0 N–H and O–H groups in total. The molecule has 1 aliphatic heterocycles. The molecule has 1 aromatic rings. The highest BCUT2D eigenvalue weighted by Gasteiger charge is 2.19. The van der Waals surface area contributed by atoms with Crippen LogP contribution in [0.3, 0.4) is 0 Å². The van der Waals surface area contributed by atoms with Crippen molar-refractivity contribution in [2.24, 2.45) is 0 Å². The summed E-state index contributed by atoms with van der Waals surface area (Å²) in [5, 5.41) is 8.65. The summed E-state index contributed by atoms with van der Waals surface area (Å²) in [6.45, 7) is 4.07. The first-order valence-corrected chi connectivity index (χ1v) is 5.68. The lowest BCUT2D eigenvalue weighted by molar-refractivity contribution is 0.285. The molecule has 0 aliphatic carbocycles. The topological polar surface area (TPSA) is 52.4 Å². The summed E-state index contributed by atoms with van der Waals surface area (Å²) in [7, 11) is 1.66. The lowest BCUT2D eigenvalue weighted by Crippen LogP contribution is -2.46. The van der Waals surface area contributed by atoms with Gasteiger partial charge in [0, 0.05) is 32.4 Å². The van der Waals surface area contributed by atoms with Gasteiger partial charge in [-0.05, 0) is 12.1 Å². The minimum Gasteiger partial charge on any atom is -0.493 e. The molecule has 0 amide bonds. The molecular formula is C12H16N4O. The Morgan fingerprint density at radius 3 is 2.82 bits per heavy atom. The SMILES string of the molecule is COc1cccnc1N1CCN(CC#N)CC1. The van der Waals surface area contributed by atoms with Crippen LogP contribution in [-0.4, -0.2) is 49.7 Å². The molecular weight excluding hydrogens is 216 g/mol. The second-order valence-corrected chi connectivity index (χ2v) is 3.95. The van der Waals surface area contributed by atoms with Gasteiger partial charge in [0.05, 0.1) is 19.7 Å². The number of piperazine rings is 1. The smallest absolute Gasteiger partial charge is 0.171 e. The van der Waals surface area contributed by atoms with E-state index in [1.807, 2.05) is 12.1 Å². The van der Waals surface area contributed by atoms with Crippen LogP contribution < -0.4 is 9.64 Å². The first kappa shape index (κ1) is 11.7. The molecule has 0 saturated carbocycles. The van der Waals surface area contributed by atoms with Gasteiger partial charge in [-0.1, -0.05) is 0 Å². The number of pyridine rings is 1. The lowest BCUT2D eigenvalue weighted by atomic mass is 10.3. The van der Waals surface area contributed by atoms with E-state index in [1.54, 1.807) is 13.3 Å². The summed E-state index contributed by atoms with van der Waals surface area (Å²) in [5.41, 5.74) is 0. The number of methoxy groups -OCH3 is 1. The Morgan fingerprint density at radius 2 is 2.18 bits per heavy atom. The summed E-state index contributed by atoms with van der Waals surface area (Å²) in [5.74, 6) is 1.70. The van der Waals surface area contributed by atoms with Gasteiger partial charge in [0.25, 0.3) is 0 Å². The van der Waals surface area contributed by atoms with E-state index in [4.69, 9.17) is 10.00 Å². The number of nitrogens with zero attached hydrogens (tertiary/aromatic N) is 4. The maximum Gasteiger partial charge on any atom is 0.171 e. The maximum absolute atomic E-state index is 8.65. The third-order valence-electron chi connectivity index (χ3n) is 2.94. The molecule has 90 valence electrons. The van der Waals surface area contributed by atoms with Crippen LogP contribution in [0.15, 0.2) is 18.3 Å². The highest BCUT2D eigenvalue weighted by Crippen LogP contribution is 2.25. The van der Waals surface area contributed by atoms with Crippen LogP contribution in [0, 0.1) is 11.3 Å². The molecule has 1 fully saturated rings. The van der Waals surface area contributed by atoms with E-state index >= 15 is 0 Å². The monoisotopic (exact) mass is 232 g/mol. The van der Waals surface area contributed by atoms with Crippen LogP contribution in [0.2, 0.25) is 0 Å². The van der Waals surface area contributed by atoms with Gasteiger partial charge in [-0.15, -0.1) is 0 Å². The van der Waals surface area contributed by atoms with Crippen molar-refractivity contribution in [1.29, 1.82) is 5.26 Å². The fourth-order valence-corrected chi connectivity index (χ4v) is 2.00. The van der Waals surface area contributed by atoms with Crippen LogP contribution in [0.5, 0.6) is 5.75 Å². The minimum atomic E-state index is 0.507. The van der Waals surface area contributed by atoms with E-state index < -0.39 is 0 Å². The van der Waals surface area contributed by atoms with Crippen molar-refractivity contribution >= 4 is 5.82 Å². The molecule has 1 aromatic heterocycles. The molecule has 5 nitrogen and oxygen atoms in total. The highest BCUT2D eigenvalue weighted by molar-refractivity contribution is 5.52. The number of hydrogen-bond acceptors (Lipinski definition) is 5. The Hall–Kier alpha value is -1.80. The van der Waals surface area contributed by atoms with Crippen molar-refractivity contribution in [2.75, 3.05) is 44.7 Å². The quantitative estimate of drug-likeness (QED) is 0.719. The van der Waals surface area contributed by atoms with Crippen molar-refractivity contribution < 1.29 is 4.74 Å². The first-order chi connectivity index (χ1) is 8.35. The van der Waals surface area contributed by atoms with Crippen molar-refractivity contribution in [2.45, 2.75) is 0 Å². The van der Waals surface area contributed by atoms with Crippen molar-refractivity contribution in [3.8, 4) is 11.8 Å². The van der Waals surface area contributed by atoms with E-state index in [1.165, 1.54) is 0 Å². The normalized spacial score (nSPS) is 16.6. The Labute approximate surface area is 101 Å². The van der Waals surface area contributed by atoms with Gasteiger partial charge in [0.1, 0.15) is 0 Å². The summed E-state index contributed by atoms with van der Waals surface area (Å²) in [6.07, 6.45) is 1.78. The Morgan fingerprint density at radius 1 is 1.41 bits per heavy atom. The molecule has 0 bridgehead atoms. The van der Waals surface area contributed by atoms with E-state index in [-0.39, 0.29) is 0 Å². The first-order valence-electron chi connectivity index (χ1n) is 5.68. The molecule has 0 unspecified atom stereocenters. The number of nitriles is 1. The van der Waals surface area contributed by atoms with Gasteiger partial charge in [0.2, 0.25) is 0 Å². The third-order valence-corrected chi connectivity index (χ3v) is 2.94. The largest absolute Gasteiger partial charge is 0.493 e. The predicted molar refractivity (Wildman–Crippen MR) is 65.1 cm³/mol. The molecule has 5 heteroatoms. The van der Waals surface area contributed by atoms with Crippen molar-refractivity contribution in [3.05, 3.63) is 18.3 Å². The van der Waals surface area contributed by atoms with Crippen LogP contribution in [0.1, 0.15) is 0 Å². The van der Waals surface area contributed by atoms with Crippen molar-refractivity contribution in [1.82, 2.24) is 9.88 Å². The summed E-state index contributed by atoms with van der Waals surface area (Å²) in [4.78, 5) is 8.71. The van der Waals surface area contributed by atoms with Crippen LogP contribution in [-0.2, 0) is 0 Å². The van der Waals surface area contributed by atoms with Gasteiger partial charge < -0.3 is 9.64 Å². The van der Waals surface area contributed by atoms with Crippen LogP contribution >= 0.6 is 0 Å². The average Bonchev–Trinajstić information content (AvgIpc) is 2.40. The number of aromatic nitrogens is 1. The molecule has 17 heavy (non-hydrogen) atoms. The summed E-state index contributed by atoms with van der Waals surface area (Å²) < 4.78 is 5.30. The third kappa shape index (κ3) is 2.66. The number of ether oxygens (including phenoxy) is 1. The Balaban J connectivity index is 2.03. The summed E-state index contributed by atoms with van der Waals surface area (Å²) >= 11 is 0. The number of hydrogen-bond donors (Lipinski definition) is 0. The van der Waals surface area contributed by atoms with Gasteiger partial charge in [-0.25, -0.2) is 4.98 Å². The van der Waals surface area contributed by atoms with Crippen LogP contribution in [0.25, 0.3) is 0 Å². The standard InChI is InChI=1S/C12H16N4O/c1-17-11-3-2-5-14-12(11)16-9-7-15(6-4-13)8-10-16/h2-3,5H,6-10H2,1H3. The van der Waals surface area contributed by atoms with Crippen molar-refractivity contribution in [3.63, 3.8) is 0 Å². The minimum absolute atomic E-state index is 0.507. The molecule has 1 aliphatic rings.